The van der Waals surface area contributed by atoms with Crippen LogP contribution in [0, 0.1) is 6.92 Å². The predicted octanol–water partition coefficient (Wildman–Crippen LogP) is 3.69. The van der Waals surface area contributed by atoms with Crippen LogP contribution in [0.4, 0.5) is 5.69 Å². The molecule has 0 aliphatic rings. The van der Waals surface area contributed by atoms with Gasteiger partial charge in [-0.2, -0.15) is 0 Å². The minimum absolute atomic E-state index is 0.276. The lowest BCUT2D eigenvalue weighted by Crippen LogP contribution is -2.32. The zero-order valence-electron chi connectivity index (χ0n) is 11.6. The summed E-state index contributed by atoms with van der Waals surface area (Å²) in [6.45, 7) is 4.16. The summed E-state index contributed by atoms with van der Waals surface area (Å²) >= 11 is 5.72. The Bertz CT molecular complexity index is 669. The second-order valence-electron chi connectivity index (χ2n) is 4.60. The third-order valence-corrected chi connectivity index (χ3v) is 5.16. The predicted molar refractivity (Wildman–Crippen MR) is 87.2 cm³/mol. The third kappa shape index (κ3) is 3.77. The van der Waals surface area contributed by atoms with Gasteiger partial charge in [-0.3, -0.25) is 4.31 Å². The lowest BCUT2D eigenvalue weighted by atomic mass is 10.2. The van der Waals surface area contributed by atoms with Gasteiger partial charge in [0.2, 0.25) is 0 Å². The normalized spacial score (nSPS) is 11.3. The molecule has 0 bridgehead atoms. The molecule has 5 heteroatoms. The van der Waals surface area contributed by atoms with Crippen LogP contribution >= 0.6 is 11.6 Å². The zero-order valence-corrected chi connectivity index (χ0v) is 13.1. The molecule has 0 saturated carbocycles. The van der Waals surface area contributed by atoms with Crippen LogP contribution in [-0.2, 0) is 10.0 Å². The van der Waals surface area contributed by atoms with E-state index in [0.717, 1.165) is 5.56 Å². The third-order valence-electron chi connectivity index (χ3n) is 3.05. The molecule has 1 radical (unpaired) electrons. The van der Waals surface area contributed by atoms with Gasteiger partial charge >= 0.3 is 0 Å². The van der Waals surface area contributed by atoms with E-state index in [1.807, 2.05) is 0 Å². The van der Waals surface area contributed by atoms with Crippen LogP contribution in [0.5, 0.6) is 0 Å². The highest BCUT2D eigenvalue weighted by Gasteiger charge is 2.24. The van der Waals surface area contributed by atoms with Crippen LogP contribution in [0.2, 0.25) is 0 Å². The average Bonchev–Trinajstić information content (AvgIpc) is 2.50. The number of sulfonamides is 1. The Morgan fingerprint density at radius 3 is 2.19 bits per heavy atom. The molecule has 0 amide bonds. The summed E-state index contributed by atoms with van der Waals surface area (Å²) in [7, 11) is -3.58. The van der Waals surface area contributed by atoms with Crippen molar-refractivity contribution in [3.05, 3.63) is 67.1 Å². The average molecular weight is 323 g/mol. The number of benzene rings is 2. The van der Waals surface area contributed by atoms with E-state index in [9.17, 15) is 8.42 Å². The molecule has 111 valence electrons. The maximum absolute atomic E-state index is 12.8. The summed E-state index contributed by atoms with van der Waals surface area (Å²) in [4.78, 5) is 0.276. The summed E-state index contributed by atoms with van der Waals surface area (Å²) in [6, 6.07) is 15.5. The lowest BCUT2D eigenvalue weighted by molar-refractivity contribution is 0.590. The molecule has 2 aromatic rings. The van der Waals surface area contributed by atoms with Gasteiger partial charge in [0, 0.05) is 12.4 Å². The highest BCUT2D eigenvalue weighted by molar-refractivity contribution is 7.92. The SMILES string of the molecule is [CH2]c1ccc(N(CCCCl)S(=O)(=O)c2ccccc2)cc1. The van der Waals surface area contributed by atoms with Crippen molar-refractivity contribution >= 4 is 27.3 Å². The number of halogens is 1. The summed E-state index contributed by atoms with van der Waals surface area (Å²) in [5.41, 5.74) is 1.46. The Morgan fingerprint density at radius 1 is 1.00 bits per heavy atom. The molecule has 0 unspecified atom stereocenters. The van der Waals surface area contributed by atoms with E-state index in [4.69, 9.17) is 11.6 Å². The van der Waals surface area contributed by atoms with Gasteiger partial charge < -0.3 is 0 Å². The highest BCUT2D eigenvalue weighted by Crippen LogP contribution is 2.24. The standard InChI is InChI=1S/C16H17ClNO2S/c1-14-8-10-15(11-9-14)18(13-5-12-17)21(19,20)16-6-3-2-4-7-16/h2-4,6-11H,1,5,12-13H2. The van der Waals surface area contributed by atoms with E-state index < -0.39 is 10.0 Å². The Labute approximate surface area is 131 Å². The van der Waals surface area contributed by atoms with Crippen LogP contribution in [-0.4, -0.2) is 20.8 Å². The quantitative estimate of drug-likeness (QED) is 0.761. The van der Waals surface area contributed by atoms with E-state index in [2.05, 4.69) is 6.92 Å². The van der Waals surface area contributed by atoms with Crippen molar-refractivity contribution in [1.82, 2.24) is 0 Å². The van der Waals surface area contributed by atoms with Crippen molar-refractivity contribution in [3.8, 4) is 0 Å². The van der Waals surface area contributed by atoms with Gasteiger partial charge in [0.25, 0.3) is 10.0 Å². The largest absolute Gasteiger partial charge is 0.266 e. The van der Waals surface area contributed by atoms with Gasteiger partial charge in [-0.15, -0.1) is 11.6 Å². The number of hydrogen-bond donors (Lipinski definition) is 0. The molecule has 2 aromatic carbocycles. The highest BCUT2D eigenvalue weighted by atomic mass is 35.5. The molecular formula is C16H17ClNO2S. The van der Waals surface area contributed by atoms with E-state index >= 15 is 0 Å². The monoisotopic (exact) mass is 322 g/mol. The van der Waals surface area contributed by atoms with E-state index in [1.165, 1.54) is 4.31 Å². The molecule has 0 fully saturated rings. The van der Waals surface area contributed by atoms with Crippen molar-refractivity contribution in [2.75, 3.05) is 16.7 Å². The first-order valence-electron chi connectivity index (χ1n) is 6.61. The number of anilines is 1. The molecule has 0 spiro atoms. The zero-order chi connectivity index (χ0) is 15.3. The number of rotatable bonds is 6. The van der Waals surface area contributed by atoms with Gasteiger partial charge in [0.05, 0.1) is 10.6 Å². The first-order valence-corrected chi connectivity index (χ1v) is 8.59. The smallest absolute Gasteiger partial charge is 0.264 e. The summed E-state index contributed by atoms with van der Waals surface area (Å²) in [5.74, 6) is 0.411. The molecule has 0 heterocycles. The maximum Gasteiger partial charge on any atom is 0.264 e. The second kappa shape index (κ2) is 6.96. The first-order chi connectivity index (χ1) is 10.1. The molecule has 0 aliphatic heterocycles. The molecule has 0 atom stereocenters. The molecule has 21 heavy (non-hydrogen) atoms. The lowest BCUT2D eigenvalue weighted by Gasteiger charge is -2.24. The molecule has 0 saturated heterocycles. The number of alkyl halides is 1. The summed E-state index contributed by atoms with van der Waals surface area (Å²) < 4.78 is 27.0. The van der Waals surface area contributed by atoms with Crippen LogP contribution in [0.25, 0.3) is 0 Å². The van der Waals surface area contributed by atoms with Crippen molar-refractivity contribution in [3.63, 3.8) is 0 Å². The molecule has 0 aliphatic carbocycles. The Kier molecular flexibility index (Phi) is 5.26. The fourth-order valence-corrected chi connectivity index (χ4v) is 3.62. The minimum atomic E-state index is -3.58. The number of nitrogens with zero attached hydrogens (tertiary/aromatic N) is 1. The van der Waals surface area contributed by atoms with Crippen molar-refractivity contribution in [1.29, 1.82) is 0 Å². The summed E-state index contributed by atoms with van der Waals surface area (Å²) in [5, 5.41) is 0. The van der Waals surface area contributed by atoms with Crippen molar-refractivity contribution in [2.45, 2.75) is 11.3 Å². The Balaban J connectivity index is 2.42. The van der Waals surface area contributed by atoms with Crippen molar-refractivity contribution in [2.24, 2.45) is 0 Å². The van der Waals surface area contributed by atoms with Crippen LogP contribution in [0.3, 0.4) is 0 Å². The first kappa shape index (κ1) is 15.9. The van der Waals surface area contributed by atoms with Crippen LogP contribution < -0.4 is 4.31 Å². The van der Waals surface area contributed by atoms with E-state index in [-0.39, 0.29) is 4.90 Å². The van der Waals surface area contributed by atoms with Gasteiger partial charge in [0.1, 0.15) is 0 Å². The molecule has 3 nitrogen and oxygen atoms in total. The Morgan fingerprint density at radius 2 is 1.62 bits per heavy atom. The Hall–Kier alpha value is -1.52. The molecule has 2 rings (SSSR count). The van der Waals surface area contributed by atoms with Crippen molar-refractivity contribution < 1.29 is 8.42 Å². The fraction of sp³-hybridized carbons (Fsp3) is 0.188. The molecule has 0 aromatic heterocycles. The fourth-order valence-electron chi connectivity index (χ4n) is 1.97. The molecule has 0 N–H and O–H groups in total. The van der Waals surface area contributed by atoms with E-state index in [0.29, 0.717) is 24.5 Å². The second-order valence-corrected chi connectivity index (χ2v) is 6.84. The number of hydrogen-bond acceptors (Lipinski definition) is 2. The molecular weight excluding hydrogens is 306 g/mol. The topological polar surface area (TPSA) is 37.4 Å². The van der Waals surface area contributed by atoms with Gasteiger partial charge in [-0.1, -0.05) is 30.3 Å². The van der Waals surface area contributed by atoms with E-state index in [1.54, 1.807) is 54.6 Å². The van der Waals surface area contributed by atoms with Crippen LogP contribution in [0.1, 0.15) is 12.0 Å². The summed E-state index contributed by atoms with van der Waals surface area (Å²) in [6.07, 6.45) is 0.583. The minimum Gasteiger partial charge on any atom is -0.266 e. The van der Waals surface area contributed by atoms with Crippen LogP contribution in [0.15, 0.2) is 59.5 Å². The maximum atomic E-state index is 12.8. The van der Waals surface area contributed by atoms with Gasteiger partial charge in [0.15, 0.2) is 0 Å². The van der Waals surface area contributed by atoms with Gasteiger partial charge in [-0.05, 0) is 43.2 Å². The van der Waals surface area contributed by atoms with Gasteiger partial charge in [-0.25, -0.2) is 8.42 Å².